The number of morpholine rings is 1. The van der Waals surface area contributed by atoms with E-state index in [1.807, 2.05) is 0 Å². The Morgan fingerprint density at radius 2 is 1.57 bits per heavy atom. The third kappa shape index (κ3) is 4.10. The number of hydrogen-bond donors (Lipinski definition) is 1. The van der Waals surface area contributed by atoms with Gasteiger partial charge in [-0.1, -0.05) is 19.3 Å². The quantitative estimate of drug-likeness (QED) is 0.930. The van der Waals surface area contributed by atoms with Gasteiger partial charge in [-0.2, -0.15) is 0 Å². The van der Waals surface area contributed by atoms with Crippen molar-refractivity contribution in [3.05, 3.63) is 35.4 Å². The molecule has 2 aliphatic rings. The first kappa shape index (κ1) is 16.0. The molecule has 1 aromatic carbocycles. The Morgan fingerprint density at radius 3 is 2.22 bits per heavy atom. The van der Waals surface area contributed by atoms with Crippen LogP contribution in [0.25, 0.3) is 0 Å². The first-order valence-corrected chi connectivity index (χ1v) is 8.52. The van der Waals surface area contributed by atoms with Crippen LogP contribution in [0.2, 0.25) is 0 Å². The molecule has 0 unspecified atom stereocenters. The van der Waals surface area contributed by atoms with Gasteiger partial charge in [0.05, 0.1) is 13.2 Å². The first-order chi connectivity index (χ1) is 11.2. The summed E-state index contributed by atoms with van der Waals surface area (Å²) in [4.78, 5) is 26.4. The highest BCUT2D eigenvalue weighted by Gasteiger charge is 2.20. The molecule has 0 bridgehead atoms. The molecule has 0 aromatic heterocycles. The zero-order valence-corrected chi connectivity index (χ0v) is 13.4. The molecule has 5 nitrogen and oxygen atoms in total. The van der Waals surface area contributed by atoms with Gasteiger partial charge in [-0.3, -0.25) is 9.59 Å². The lowest BCUT2D eigenvalue weighted by molar-refractivity contribution is 0.0303. The molecule has 1 aliphatic carbocycles. The molecule has 2 amide bonds. The van der Waals surface area contributed by atoms with E-state index < -0.39 is 0 Å². The number of carbonyl (C=O) groups excluding carboxylic acids is 2. The highest BCUT2D eigenvalue weighted by molar-refractivity contribution is 5.98. The first-order valence-electron chi connectivity index (χ1n) is 8.52. The number of carbonyl (C=O) groups is 2. The molecule has 124 valence electrons. The van der Waals surface area contributed by atoms with Crippen molar-refractivity contribution in [2.24, 2.45) is 0 Å². The van der Waals surface area contributed by atoms with Crippen molar-refractivity contribution in [1.82, 2.24) is 10.2 Å². The molecule has 3 rings (SSSR count). The van der Waals surface area contributed by atoms with Crippen molar-refractivity contribution in [3.8, 4) is 0 Å². The summed E-state index contributed by atoms with van der Waals surface area (Å²) in [7, 11) is 0. The predicted molar refractivity (Wildman–Crippen MR) is 87.5 cm³/mol. The van der Waals surface area contributed by atoms with Crippen molar-refractivity contribution in [2.75, 3.05) is 26.3 Å². The Morgan fingerprint density at radius 1 is 0.957 bits per heavy atom. The van der Waals surface area contributed by atoms with Crippen LogP contribution in [0.15, 0.2) is 24.3 Å². The van der Waals surface area contributed by atoms with Gasteiger partial charge in [-0.05, 0) is 37.1 Å². The second-order valence-electron chi connectivity index (χ2n) is 6.29. The van der Waals surface area contributed by atoms with Gasteiger partial charge < -0.3 is 15.0 Å². The fourth-order valence-electron chi connectivity index (χ4n) is 3.23. The Labute approximate surface area is 137 Å². The average molecular weight is 316 g/mol. The van der Waals surface area contributed by atoms with Crippen LogP contribution in [0.3, 0.4) is 0 Å². The van der Waals surface area contributed by atoms with Gasteiger partial charge in [-0.25, -0.2) is 0 Å². The topological polar surface area (TPSA) is 58.6 Å². The van der Waals surface area contributed by atoms with Crippen LogP contribution in [0, 0.1) is 0 Å². The molecule has 0 atom stereocenters. The monoisotopic (exact) mass is 316 g/mol. The van der Waals surface area contributed by atoms with Crippen LogP contribution in [-0.2, 0) is 4.74 Å². The minimum atomic E-state index is -0.0396. The second-order valence-corrected chi connectivity index (χ2v) is 6.29. The van der Waals surface area contributed by atoms with Crippen LogP contribution in [0.4, 0.5) is 0 Å². The van der Waals surface area contributed by atoms with Crippen LogP contribution >= 0.6 is 0 Å². The van der Waals surface area contributed by atoms with Gasteiger partial charge in [0.1, 0.15) is 0 Å². The van der Waals surface area contributed by atoms with Crippen molar-refractivity contribution < 1.29 is 14.3 Å². The smallest absolute Gasteiger partial charge is 0.254 e. The second kappa shape index (κ2) is 7.59. The SMILES string of the molecule is O=C(NC1CCCCC1)c1ccc(C(=O)N2CCOCC2)cc1. The van der Waals surface area contributed by atoms with E-state index >= 15 is 0 Å². The van der Waals surface area contributed by atoms with Crippen LogP contribution < -0.4 is 5.32 Å². The Kier molecular flexibility index (Phi) is 5.28. The normalized spacial score (nSPS) is 19.4. The van der Waals surface area contributed by atoms with Crippen molar-refractivity contribution in [3.63, 3.8) is 0 Å². The number of nitrogens with one attached hydrogen (secondary N) is 1. The van der Waals surface area contributed by atoms with E-state index in [2.05, 4.69) is 5.32 Å². The van der Waals surface area contributed by atoms with E-state index in [0.717, 1.165) is 12.8 Å². The maximum absolute atomic E-state index is 12.4. The summed E-state index contributed by atoms with van der Waals surface area (Å²) >= 11 is 0. The van der Waals surface area contributed by atoms with Gasteiger partial charge in [0, 0.05) is 30.3 Å². The van der Waals surface area contributed by atoms with Crippen LogP contribution in [0.5, 0.6) is 0 Å². The third-order valence-corrected chi connectivity index (χ3v) is 4.63. The van der Waals surface area contributed by atoms with E-state index in [4.69, 9.17) is 4.74 Å². The average Bonchev–Trinajstić information content (AvgIpc) is 2.63. The largest absolute Gasteiger partial charge is 0.378 e. The fourth-order valence-corrected chi connectivity index (χ4v) is 3.23. The molecule has 1 saturated carbocycles. The number of rotatable bonds is 3. The number of hydrogen-bond acceptors (Lipinski definition) is 3. The maximum Gasteiger partial charge on any atom is 0.254 e. The fraction of sp³-hybridized carbons (Fsp3) is 0.556. The summed E-state index contributed by atoms with van der Waals surface area (Å²) in [5.41, 5.74) is 1.25. The molecular weight excluding hydrogens is 292 g/mol. The van der Waals surface area contributed by atoms with Gasteiger partial charge >= 0.3 is 0 Å². The summed E-state index contributed by atoms with van der Waals surface area (Å²) in [5, 5.41) is 3.10. The zero-order chi connectivity index (χ0) is 16.1. The molecule has 1 saturated heterocycles. The number of benzene rings is 1. The number of ether oxygens (including phenoxy) is 1. The lowest BCUT2D eigenvalue weighted by Crippen LogP contribution is -2.40. The number of amides is 2. The molecular formula is C18H24N2O3. The third-order valence-electron chi connectivity index (χ3n) is 4.63. The summed E-state index contributed by atoms with van der Waals surface area (Å²) in [6.45, 7) is 2.44. The van der Waals surface area contributed by atoms with Crippen LogP contribution in [0.1, 0.15) is 52.8 Å². The minimum Gasteiger partial charge on any atom is -0.378 e. The lowest BCUT2D eigenvalue weighted by atomic mass is 9.95. The van der Waals surface area contributed by atoms with E-state index in [9.17, 15) is 9.59 Å². The van der Waals surface area contributed by atoms with E-state index in [-0.39, 0.29) is 11.8 Å². The van der Waals surface area contributed by atoms with Gasteiger partial charge in [0.2, 0.25) is 0 Å². The molecule has 5 heteroatoms. The predicted octanol–water partition coefficient (Wildman–Crippen LogP) is 2.22. The van der Waals surface area contributed by atoms with Crippen molar-refractivity contribution in [2.45, 2.75) is 38.1 Å². The standard InChI is InChI=1S/C18H24N2O3/c21-17(19-16-4-2-1-3-5-16)14-6-8-15(9-7-14)18(22)20-10-12-23-13-11-20/h6-9,16H,1-5,10-13H2,(H,19,21). The van der Waals surface area contributed by atoms with Crippen LogP contribution in [-0.4, -0.2) is 49.1 Å². The molecule has 0 spiro atoms. The Bertz CT molecular complexity index is 544. The van der Waals surface area contributed by atoms with E-state index in [0.29, 0.717) is 43.5 Å². The zero-order valence-electron chi connectivity index (χ0n) is 13.4. The van der Waals surface area contributed by atoms with Gasteiger partial charge in [0.15, 0.2) is 0 Å². The summed E-state index contributed by atoms with van der Waals surface area (Å²) < 4.78 is 5.26. The Balaban J connectivity index is 1.59. The molecule has 0 radical (unpaired) electrons. The molecule has 1 heterocycles. The van der Waals surface area contributed by atoms with Gasteiger partial charge in [0.25, 0.3) is 11.8 Å². The molecule has 2 fully saturated rings. The lowest BCUT2D eigenvalue weighted by Gasteiger charge is -2.27. The highest BCUT2D eigenvalue weighted by Crippen LogP contribution is 2.18. The van der Waals surface area contributed by atoms with Crippen molar-refractivity contribution >= 4 is 11.8 Å². The van der Waals surface area contributed by atoms with E-state index in [1.165, 1.54) is 19.3 Å². The molecule has 1 N–H and O–H groups in total. The van der Waals surface area contributed by atoms with Gasteiger partial charge in [-0.15, -0.1) is 0 Å². The van der Waals surface area contributed by atoms with E-state index in [1.54, 1.807) is 29.2 Å². The minimum absolute atomic E-state index is 0.00698. The maximum atomic E-state index is 12.4. The molecule has 1 aliphatic heterocycles. The molecule has 1 aromatic rings. The van der Waals surface area contributed by atoms with Crippen molar-refractivity contribution in [1.29, 1.82) is 0 Å². The highest BCUT2D eigenvalue weighted by atomic mass is 16.5. The summed E-state index contributed by atoms with van der Waals surface area (Å²) in [5.74, 6) is -0.0326. The molecule has 23 heavy (non-hydrogen) atoms. The summed E-state index contributed by atoms with van der Waals surface area (Å²) in [6, 6.07) is 7.27. The number of nitrogens with zero attached hydrogens (tertiary/aromatic N) is 1. The Hall–Kier alpha value is -1.88. The summed E-state index contributed by atoms with van der Waals surface area (Å²) in [6.07, 6.45) is 5.79.